The molecule has 2 aromatic heterocycles. The number of aromatic nitrogens is 3. The first kappa shape index (κ1) is 20.7. The molecule has 2 heterocycles. The third-order valence-corrected chi connectivity index (χ3v) is 5.51. The van der Waals surface area contributed by atoms with Crippen LogP contribution in [-0.4, -0.2) is 27.0 Å². The van der Waals surface area contributed by atoms with Crippen LogP contribution in [0.1, 0.15) is 46.9 Å². The molecule has 0 aliphatic carbocycles. The second-order valence-electron chi connectivity index (χ2n) is 7.96. The SMILES string of the molecule is Cc1c(C(=O)NCCc2ccc(F)cc2)cnc2c(-c3ccc(C(C)C)cc3)cnn12. The van der Waals surface area contributed by atoms with Crippen LogP contribution in [0.15, 0.2) is 60.9 Å². The van der Waals surface area contributed by atoms with Crippen molar-refractivity contribution in [3.8, 4) is 11.1 Å². The number of hydrogen-bond donors (Lipinski definition) is 1. The van der Waals surface area contributed by atoms with Gasteiger partial charge in [0.2, 0.25) is 0 Å². The minimum atomic E-state index is -0.266. The van der Waals surface area contributed by atoms with Gasteiger partial charge in [0.05, 0.1) is 17.5 Å². The van der Waals surface area contributed by atoms with E-state index < -0.39 is 0 Å². The van der Waals surface area contributed by atoms with Crippen LogP contribution < -0.4 is 5.32 Å². The van der Waals surface area contributed by atoms with E-state index in [1.807, 2.05) is 6.92 Å². The lowest BCUT2D eigenvalue weighted by molar-refractivity contribution is 0.0952. The molecule has 0 fully saturated rings. The molecule has 31 heavy (non-hydrogen) atoms. The average molecular weight is 417 g/mol. The largest absolute Gasteiger partial charge is 0.352 e. The Bertz CT molecular complexity index is 1210. The van der Waals surface area contributed by atoms with Crippen molar-refractivity contribution in [2.24, 2.45) is 0 Å². The number of carbonyl (C=O) groups excluding carboxylic acids is 1. The third-order valence-electron chi connectivity index (χ3n) is 5.51. The molecule has 0 bridgehead atoms. The van der Waals surface area contributed by atoms with Gasteiger partial charge in [-0.2, -0.15) is 5.10 Å². The molecule has 1 N–H and O–H groups in total. The van der Waals surface area contributed by atoms with Crippen molar-refractivity contribution in [3.05, 3.63) is 89.1 Å². The van der Waals surface area contributed by atoms with Crippen molar-refractivity contribution in [1.82, 2.24) is 19.9 Å². The maximum atomic E-state index is 13.0. The van der Waals surface area contributed by atoms with Crippen molar-refractivity contribution < 1.29 is 9.18 Å². The Hall–Kier alpha value is -3.54. The van der Waals surface area contributed by atoms with Gasteiger partial charge in [0.15, 0.2) is 5.65 Å². The van der Waals surface area contributed by atoms with E-state index in [0.29, 0.717) is 24.4 Å². The van der Waals surface area contributed by atoms with E-state index in [2.05, 4.69) is 53.5 Å². The van der Waals surface area contributed by atoms with Crippen LogP contribution in [0, 0.1) is 12.7 Å². The number of nitrogens with one attached hydrogen (secondary N) is 1. The first-order valence-electron chi connectivity index (χ1n) is 10.4. The number of carbonyl (C=O) groups is 1. The summed E-state index contributed by atoms with van der Waals surface area (Å²) in [7, 11) is 0. The van der Waals surface area contributed by atoms with Crippen molar-refractivity contribution in [1.29, 1.82) is 0 Å². The van der Waals surface area contributed by atoms with Crippen LogP contribution in [0.25, 0.3) is 16.8 Å². The number of halogens is 1. The van der Waals surface area contributed by atoms with Crippen LogP contribution in [0.3, 0.4) is 0 Å². The van der Waals surface area contributed by atoms with E-state index in [9.17, 15) is 9.18 Å². The van der Waals surface area contributed by atoms with Crippen LogP contribution in [0.4, 0.5) is 4.39 Å². The van der Waals surface area contributed by atoms with Gasteiger partial charge in [-0.05, 0) is 48.1 Å². The molecule has 0 aliphatic rings. The predicted molar refractivity (Wildman–Crippen MR) is 120 cm³/mol. The molecule has 4 aromatic rings. The van der Waals surface area contributed by atoms with Gasteiger partial charge < -0.3 is 5.32 Å². The topological polar surface area (TPSA) is 59.3 Å². The summed E-state index contributed by atoms with van der Waals surface area (Å²) >= 11 is 0. The Morgan fingerprint density at radius 1 is 1.06 bits per heavy atom. The maximum absolute atomic E-state index is 13.0. The molecule has 4 rings (SSSR count). The minimum Gasteiger partial charge on any atom is -0.352 e. The second-order valence-corrected chi connectivity index (χ2v) is 7.96. The van der Waals surface area contributed by atoms with Gasteiger partial charge in [-0.15, -0.1) is 0 Å². The van der Waals surface area contributed by atoms with Gasteiger partial charge in [0.1, 0.15) is 5.82 Å². The van der Waals surface area contributed by atoms with Crippen LogP contribution in [0.5, 0.6) is 0 Å². The quantitative estimate of drug-likeness (QED) is 0.484. The molecular formula is C25H25FN4O. The summed E-state index contributed by atoms with van der Waals surface area (Å²) in [6.45, 7) is 6.65. The summed E-state index contributed by atoms with van der Waals surface area (Å²) in [6.07, 6.45) is 4.01. The summed E-state index contributed by atoms with van der Waals surface area (Å²) in [5.41, 5.74) is 6.16. The number of benzene rings is 2. The zero-order chi connectivity index (χ0) is 22.0. The molecule has 0 atom stereocenters. The summed E-state index contributed by atoms with van der Waals surface area (Å²) < 4.78 is 14.7. The highest BCUT2D eigenvalue weighted by molar-refractivity contribution is 5.95. The molecule has 158 valence electrons. The van der Waals surface area contributed by atoms with Gasteiger partial charge in [0.25, 0.3) is 5.91 Å². The Morgan fingerprint density at radius 2 is 1.77 bits per heavy atom. The van der Waals surface area contributed by atoms with E-state index in [-0.39, 0.29) is 11.7 Å². The van der Waals surface area contributed by atoms with E-state index >= 15 is 0 Å². The molecule has 0 aliphatic heterocycles. The fraction of sp³-hybridized carbons (Fsp3) is 0.240. The fourth-order valence-corrected chi connectivity index (χ4v) is 3.59. The maximum Gasteiger partial charge on any atom is 0.254 e. The third kappa shape index (κ3) is 4.33. The highest BCUT2D eigenvalue weighted by Gasteiger charge is 2.16. The molecule has 0 saturated carbocycles. The summed E-state index contributed by atoms with van der Waals surface area (Å²) in [5, 5.41) is 7.38. The average Bonchev–Trinajstić information content (AvgIpc) is 3.20. The monoisotopic (exact) mass is 416 g/mol. The van der Waals surface area contributed by atoms with E-state index in [1.165, 1.54) is 17.7 Å². The molecule has 0 radical (unpaired) electrons. The van der Waals surface area contributed by atoms with Crippen molar-refractivity contribution in [3.63, 3.8) is 0 Å². The Kier molecular flexibility index (Phi) is 5.80. The van der Waals surface area contributed by atoms with Crippen LogP contribution >= 0.6 is 0 Å². The Balaban J connectivity index is 1.51. The zero-order valence-corrected chi connectivity index (χ0v) is 17.9. The number of aryl methyl sites for hydroxylation is 1. The lowest BCUT2D eigenvalue weighted by Crippen LogP contribution is -2.27. The molecule has 1 amide bonds. The molecular weight excluding hydrogens is 391 g/mol. The molecule has 6 heteroatoms. The van der Waals surface area contributed by atoms with Crippen molar-refractivity contribution in [2.45, 2.75) is 33.1 Å². The van der Waals surface area contributed by atoms with E-state index in [0.717, 1.165) is 28.0 Å². The number of rotatable bonds is 6. The lowest BCUT2D eigenvalue weighted by atomic mass is 10.00. The normalized spacial score (nSPS) is 11.3. The number of hydrogen-bond acceptors (Lipinski definition) is 3. The standard InChI is InChI=1S/C25H25FN4O/c1-16(2)19-6-8-20(9-7-19)23-15-29-30-17(3)22(14-28-24(23)30)25(31)27-13-12-18-4-10-21(26)11-5-18/h4-11,14-16H,12-13H2,1-3H3,(H,27,31). The Morgan fingerprint density at radius 3 is 2.45 bits per heavy atom. The molecule has 0 saturated heterocycles. The van der Waals surface area contributed by atoms with E-state index in [4.69, 9.17) is 0 Å². The number of amides is 1. The van der Waals surface area contributed by atoms with Gasteiger partial charge in [-0.25, -0.2) is 13.9 Å². The zero-order valence-electron chi connectivity index (χ0n) is 17.9. The molecule has 0 unspecified atom stereocenters. The summed E-state index contributed by atoms with van der Waals surface area (Å²) in [6, 6.07) is 14.7. The van der Waals surface area contributed by atoms with Gasteiger partial charge >= 0.3 is 0 Å². The number of nitrogens with zero attached hydrogens (tertiary/aromatic N) is 3. The highest BCUT2D eigenvalue weighted by Crippen LogP contribution is 2.26. The lowest BCUT2D eigenvalue weighted by Gasteiger charge is -2.09. The molecule has 2 aromatic carbocycles. The minimum absolute atomic E-state index is 0.202. The summed E-state index contributed by atoms with van der Waals surface area (Å²) in [4.78, 5) is 17.2. The first-order valence-corrected chi connectivity index (χ1v) is 10.4. The predicted octanol–water partition coefficient (Wildman–Crippen LogP) is 4.94. The Labute approximate surface area is 181 Å². The van der Waals surface area contributed by atoms with Gasteiger partial charge in [-0.3, -0.25) is 4.79 Å². The highest BCUT2D eigenvalue weighted by atomic mass is 19.1. The van der Waals surface area contributed by atoms with Gasteiger partial charge in [0, 0.05) is 18.3 Å². The summed E-state index contributed by atoms with van der Waals surface area (Å²) in [5.74, 6) is 0.00652. The van der Waals surface area contributed by atoms with Crippen LogP contribution in [-0.2, 0) is 6.42 Å². The fourth-order valence-electron chi connectivity index (χ4n) is 3.59. The van der Waals surface area contributed by atoms with E-state index in [1.54, 1.807) is 29.0 Å². The van der Waals surface area contributed by atoms with Gasteiger partial charge in [-0.1, -0.05) is 50.2 Å². The van der Waals surface area contributed by atoms with Crippen molar-refractivity contribution in [2.75, 3.05) is 6.54 Å². The molecule has 5 nitrogen and oxygen atoms in total. The smallest absolute Gasteiger partial charge is 0.254 e. The number of fused-ring (bicyclic) bond motifs is 1. The van der Waals surface area contributed by atoms with Crippen molar-refractivity contribution >= 4 is 11.6 Å². The first-order chi connectivity index (χ1) is 14.9. The van der Waals surface area contributed by atoms with Crippen LogP contribution in [0.2, 0.25) is 0 Å². The second kappa shape index (κ2) is 8.68. The molecule has 0 spiro atoms.